The second-order valence-corrected chi connectivity index (χ2v) is 11.1. The molecule has 0 fully saturated rings. The summed E-state index contributed by atoms with van der Waals surface area (Å²) in [6, 6.07) is 26.3. The summed E-state index contributed by atoms with van der Waals surface area (Å²) in [6.07, 6.45) is 2.14. The van der Waals surface area contributed by atoms with E-state index in [1.807, 2.05) is 0 Å². The van der Waals surface area contributed by atoms with E-state index in [0.717, 1.165) is 0 Å². The van der Waals surface area contributed by atoms with E-state index in [1.165, 1.54) is 21.5 Å². The zero-order valence-corrected chi connectivity index (χ0v) is 14.3. The molecule has 0 saturated carbocycles. The normalized spacial score (nSPS) is 13.0. The minimum atomic E-state index is -1.66. The molecule has 110 valence electrons. The van der Waals surface area contributed by atoms with Crippen molar-refractivity contribution < 1.29 is 0 Å². The van der Waals surface area contributed by atoms with E-state index in [9.17, 15) is 0 Å². The average molecular weight is 302 g/mol. The molecular weight excluding hydrogens is 280 g/mol. The van der Waals surface area contributed by atoms with E-state index in [2.05, 4.69) is 98.5 Å². The topological polar surface area (TPSA) is 0 Å². The van der Waals surface area contributed by atoms with Gasteiger partial charge in [-0.3, -0.25) is 0 Å². The van der Waals surface area contributed by atoms with E-state index in [0.29, 0.717) is 5.54 Å². The van der Waals surface area contributed by atoms with Crippen molar-refractivity contribution >= 4 is 24.0 Å². The maximum Gasteiger partial charge on any atom is 0.0919 e. The SMILES string of the molecule is C=CC(c1ccc2ccccc2c1)[Si](C)(C)c1ccccc1. The van der Waals surface area contributed by atoms with Crippen molar-refractivity contribution in [2.75, 3.05) is 0 Å². The fourth-order valence-corrected chi connectivity index (χ4v) is 6.31. The molecule has 0 saturated heterocycles. The Labute approximate surface area is 134 Å². The summed E-state index contributed by atoms with van der Waals surface area (Å²) in [5.74, 6) is 0. The first-order valence-electron chi connectivity index (χ1n) is 7.79. The smallest absolute Gasteiger partial charge is 0.0919 e. The van der Waals surface area contributed by atoms with Gasteiger partial charge in [-0.05, 0) is 16.3 Å². The van der Waals surface area contributed by atoms with E-state index < -0.39 is 8.07 Å². The first kappa shape index (κ1) is 14.8. The summed E-state index contributed by atoms with van der Waals surface area (Å²) in [6.45, 7) is 9.01. The highest BCUT2D eigenvalue weighted by Crippen LogP contribution is 2.30. The lowest BCUT2D eigenvalue weighted by Gasteiger charge is -2.31. The van der Waals surface area contributed by atoms with Gasteiger partial charge in [0.05, 0.1) is 8.07 Å². The maximum absolute atomic E-state index is 4.14. The van der Waals surface area contributed by atoms with Gasteiger partial charge in [-0.1, -0.05) is 97.2 Å². The molecule has 0 N–H and O–H groups in total. The number of hydrogen-bond acceptors (Lipinski definition) is 0. The summed E-state index contributed by atoms with van der Waals surface area (Å²) in [4.78, 5) is 0. The van der Waals surface area contributed by atoms with Gasteiger partial charge in [-0.25, -0.2) is 0 Å². The lowest BCUT2D eigenvalue weighted by atomic mass is 10.0. The van der Waals surface area contributed by atoms with E-state index in [1.54, 1.807) is 0 Å². The van der Waals surface area contributed by atoms with Crippen molar-refractivity contribution in [2.24, 2.45) is 0 Å². The highest BCUT2D eigenvalue weighted by atomic mass is 28.3. The van der Waals surface area contributed by atoms with Crippen LogP contribution < -0.4 is 5.19 Å². The van der Waals surface area contributed by atoms with Gasteiger partial charge < -0.3 is 0 Å². The second kappa shape index (κ2) is 5.94. The molecule has 0 nitrogen and oxygen atoms in total. The van der Waals surface area contributed by atoms with Crippen LogP contribution in [-0.4, -0.2) is 8.07 Å². The molecule has 0 aliphatic rings. The van der Waals surface area contributed by atoms with Crippen molar-refractivity contribution in [3.05, 3.63) is 91.0 Å². The predicted octanol–water partition coefficient (Wildman–Crippen LogP) is 5.26. The lowest BCUT2D eigenvalue weighted by molar-refractivity contribution is 1.15. The molecule has 3 aromatic rings. The zero-order valence-electron chi connectivity index (χ0n) is 13.3. The molecule has 0 aromatic heterocycles. The fraction of sp³-hybridized carbons (Fsp3) is 0.143. The Morgan fingerprint density at radius 3 is 2.14 bits per heavy atom. The lowest BCUT2D eigenvalue weighted by Crippen LogP contribution is -2.46. The Morgan fingerprint density at radius 2 is 1.45 bits per heavy atom. The molecule has 0 heterocycles. The van der Waals surface area contributed by atoms with Crippen LogP contribution >= 0.6 is 0 Å². The molecule has 1 heteroatoms. The van der Waals surface area contributed by atoms with Gasteiger partial charge in [0.15, 0.2) is 0 Å². The van der Waals surface area contributed by atoms with E-state index in [-0.39, 0.29) is 0 Å². The molecule has 1 unspecified atom stereocenters. The molecule has 22 heavy (non-hydrogen) atoms. The highest BCUT2D eigenvalue weighted by molar-refractivity contribution is 6.91. The van der Waals surface area contributed by atoms with Gasteiger partial charge in [-0.15, -0.1) is 6.58 Å². The number of rotatable bonds is 4. The van der Waals surface area contributed by atoms with Crippen LogP contribution in [0.3, 0.4) is 0 Å². The Bertz CT molecular complexity index is 787. The quantitative estimate of drug-likeness (QED) is 0.455. The standard InChI is InChI=1S/C21H22Si/c1-4-21(22(2,3)20-12-6-5-7-13-20)19-15-14-17-10-8-9-11-18(17)16-19/h4-16,21H,1H2,2-3H3. The number of fused-ring (bicyclic) bond motifs is 1. The average Bonchev–Trinajstić information content (AvgIpc) is 2.56. The van der Waals surface area contributed by atoms with Gasteiger partial charge in [0.1, 0.15) is 0 Å². The van der Waals surface area contributed by atoms with Crippen molar-refractivity contribution in [3.63, 3.8) is 0 Å². The fourth-order valence-electron chi connectivity index (χ4n) is 3.30. The van der Waals surface area contributed by atoms with E-state index >= 15 is 0 Å². The van der Waals surface area contributed by atoms with Gasteiger partial charge in [0, 0.05) is 5.54 Å². The van der Waals surface area contributed by atoms with Crippen LogP contribution in [0.4, 0.5) is 0 Å². The molecule has 3 rings (SSSR count). The Morgan fingerprint density at radius 1 is 0.818 bits per heavy atom. The van der Waals surface area contributed by atoms with Gasteiger partial charge in [-0.2, -0.15) is 0 Å². The summed E-state index contributed by atoms with van der Waals surface area (Å²) >= 11 is 0. The summed E-state index contributed by atoms with van der Waals surface area (Å²) in [5.41, 5.74) is 1.80. The Hall–Kier alpha value is -2.12. The second-order valence-electron chi connectivity index (χ2n) is 6.41. The molecular formula is C21H22Si. The van der Waals surface area contributed by atoms with Crippen LogP contribution in [0.15, 0.2) is 85.5 Å². The molecule has 0 aliphatic heterocycles. The van der Waals surface area contributed by atoms with Crippen molar-refractivity contribution in [3.8, 4) is 0 Å². The van der Waals surface area contributed by atoms with Crippen LogP contribution in [0.25, 0.3) is 10.8 Å². The maximum atomic E-state index is 4.14. The zero-order chi connectivity index (χ0) is 15.6. The number of hydrogen-bond donors (Lipinski definition) is 0. The molecule has 3 aromatic carbocycles. The van der Waals surface area contributed by atoms with Gasteiger partial charge in [0.25, 0.3) is 0 Å². The number of allylic oxidation sites excluding steroid dienone is 1. The van der Waals surface area contributed by atoms with Crippen molar-refractivity contribution in [2.45, 2.75) is 18.6 Å². The van der Waals surface area contributed by atoms with Crippen LogP contribution in [0.2, 0.25) is 13.1 Å². The molecule has 0 spiro atoms. The van der Waals surface area contributed by atoms with E-state index in [4.69, 9.17) is 0 Å². The van der Waals surface area contributed by atoms with Gasteiger partial charge in [0.2, 0.25) is 0 Å². The van der Waals surface area contributed by atoms with Crippen molar-refractivity contribution in [1.82, 2.24) is 0 Å². The minimum absolute atomic E-state index is 0.416. The monoisotopic (exact) mass is 302 g/mol. The molecule has 0 aliphatic carbocycles. The largest absolute Gasteiger partial charge is 0.103 e. The highest BCUT2D eigenvalue weighted by Gasteiger charge is 2.32. The molecule has 0 amide bonds. The predicted molar refractivity (Wildman–Crippen MR) is 100 cm³/mol. The van der Waals surface area contributed by atoms with Crippen LogP contribution in [0.1, 0.15) is 11.1 Å². The summed E-state index contributed by atoms with van der Waals surface area (Å²) in [7, 11) is -1.66. The molecule has 1 atom stereocenters. The minimum Gasteiger partial charge on any atom is -0.103 e. The van der Waals surface area contributed by atoms with Crippen molar-refractivity contribution in [1.29, 1.82) is 0 Å². The molecule has 0 radical (unpaired) electrons. The third-order valence-electron chi connectivity index (χ3n) is 4.66. The Kier molecular flexibility index (Phi) is 3.99. The first-order valence-corrected chi connectivity index (χ1v) is 10.9. The first-order chi connectivity index (χ1) is 10.6. The third kappa shape index (κ3) is 2.64. The Balaban J connectivity index is 2.07. The third-order valence-corrected chi connectivity index (χ3v) is 8.61. The number of benzene rings is 3. The van der Waals surface area contributed by atoms with Crippen LogP contribution in [0, 0.1) is 0 Å². The summed E-state index contributed by atoms with van der Waals surface area (Å²) < 4.78 is 0. The van der Waals surface area contributed by atoms with Crippen LogP contribution in [0.5, 0.6) is 0 Å². The van der Waals surface area contributed by atoms with Crippen LogP contribution in [-0.2, 0) is 0 Å². The molecule has 0 bridgehead atoms. The van der Waals surface area contributed by atoms with Gasteiger partial charge >= 0.3 is 0 Å². The summed E-state index contributed by atoms with van der Waals surface area (Å²) in [5, 5.41) is 4.09.